The van der Waals surface area contributed by atoms with Crippen molar-refractivity contribution < 1.29 is 29.3 Å². The van der Waals surface area contributed by atoms with E-state index < -0.39 is 18.2 Å². The zero-order valence-corrected chi connectivity index (χ0v) is 43.5. The van der Waals surface area contributed by atoms with Crippen LogP contribution in [0, 0.1) is 18.3 Å². The molecule has 20 heteroatoms. The molecule has 0 radical (unpaired) electrons. The Labute approximate surface area is 436 Å². The maximum absolute atomic E-state index is 14.1. The number of rotatable bonds is 20. The zero-order chi connectivity index (χ0) is 51.9. The standard InChI is InChI=1S/C54H69N13O6S/c1-34(2)50(54(71)66-32-42(68)26-47(66)53(70)60-35(3)37-9-11-38(12-10-37)51-36(4)59-33-74-51)58-29-43(28-55)72-23-21-63-17-19-64(20-18-63)22-24-73-49-25-39(15-16-57-49)67-40-13-14-41(67)31-65(30-40)46-27-45(61-62-52(46)56)44-7-5-6-8-48(44)69/h5-12,15-16,25,27-29,33-35,40-42,47,50,55,58,68-69H,13-14,17-24,26,30-32H2,1-4H3,(H2,56,62)(H,60,70)/b43-29+,55-28?/t35-,40?,41?,42+,47-,50-/m0/s1. The Bertz CT molecular complexity index is 2750. The van der Waals surface area contributed by atoms with Gasteiger partial charge in [0.05, 0.1) is 45.8 Å². The predicted molar refractivity (Wildman–Crippen MR) is 287 cm³/mol. The number of nitrogens with two attached hydrogens (primary N) is 1. The third-order valence-electron chi connectivity index (χ3n) is 14.7. The molecule has 0 saturated carbocycles. The minimum absolute atomic E-state index is 0.0537. The quantitative estimate of drug-likeness (QED) is 0.0441. The number of aryl methyl sites for hydroxylation is 1. The van der Waals surface area contributed by atoms with Crippen LogP contribution in [0.25, 0.3) is 21.7 Å². The van der Waals surface area contributed by atoms with Crippen LogP contribution in [0.5, 0.6) is 11.6 Å². The Morgan fingerprint density at radius 1 is 0.932 bits per heavy atom. The minimum atomic E-state index is -0.825. The number of benzene rings is 2. The van der Waals surface area contributed by atoms with Crippen molar-refractivity contribution >= 4 is 46.6 Å². The number of anilines is 3. The maximum Gasteiger partial charge on any atom is 0.246 e. The van der Waals surface area contributed by atoms with Gasteiger partial charge >= 0.3 is 0 Å². The van der Waals surface area contributed by atoms with E-state index in [4.69, 9.17) is 20.6 Å². The van der Waals surface area contributed by atoms with E-state index in [2.05, 4.69) is 62.5 Å². The van der Waals surface area contributed by atoms with E-state index in [9.17, 15) is 19.8 Å². The Kier molecular flexibility index (Phi) is 16.6. The van der Waals surface area contributed by atoms with Crippen LogP contribution in [-0.4, -0.2) is 165 Å². The Morgan fingerprint density at radius 3 is 2.32 bits per heavy atom. The molecule has 2 bridgehead atoms. The molecule has 74 heavy (non-hydrogen) atoms. The number of allylic oxidation sites excluding steroid dienone is 1. The van der Waals surface area contributed by atoms with E-state index in [1.165, 1.54) is 4.90 Å². The van der Waals surface area contributed by atoms with Crippen LogP contribution in [0.1, 0.15) is 57.3 Å². The second-order valence-electron chi connectivity index (χ2n) is 20.0. The molecule has 2 amide bonds. The molecule has 4 fully saturated rings. The lowest BCUT2D eigenvalue weighted by molar-refractivity contribution is -0.141. The fourth-order valence-corrected chi connectivity index (χ4v) is 11.5. The van der Waals surface area contributed by atoms with Gasteiger partial charge in [-0.1, -0.05) is 50.2 Å². The molecule has 7 N–H and O–H groups in total. The lowest BCUT2D eigenvalue weighted by Crippen LogP contribution is -2.54. The average molecular weight is 1030 g/mol. The van der Waals surface area contributed by atoms with Gasteiger partial charge in [-0.25, -0.2) is 9.97 Å². The van der Waals surface area contributed by atoms with Crippen LogP contribution >= 0.6 is 11.3 Å². The normalized spacial score (nSPS) is 21.2. The lowest BCUT2D eigenvalue weighted by atomic mass is 10.0. The summed E-state index contributed by atoms with van der Waals surface area (Å²) >= 11 is 1.59. The van der Waals surface area contributed by atoms with Crippen molar-refractivity contribution in [1.82, 2.24) is 45.5 Å². The summed E-state index contributed by atoms with van der Waals surface area (Å²) in [5.74, 6) is 0.653. The van der Waals surface area contributed by atoms with Gasteiger partial charge in [0.2, 0.25) is 17.7 Å². The van der Waals surface area contributed by atoms with Crippen molar-refractivity contribution in [2.24, 2.45) is 5.92 Å². The van der Waals surface area contributed by atoms with Gasteiger partial charge in [0.15, 0.2) is 11.6 Å². The molecule has 392 valence electrons. The molecule has 2 unspecified atom stereocenters. The van der Waals surface area contributed by atoms with Gasteiger partial charge in [-0.3, -0.25) is 19.4 Å². The van der Waals surface area contributed by atoms with E-state index in [-0.39, 0.29) is 54.6 Å². The molecule has 7 heterocycles. The summed E-state index contributed by atoms with van der Waals surface area (Å²) in [6, 6.07) is 19.9. The number of amides is 2. The molecule has 3 aromatic heterocycles. The summed E-state index contributed by atoms with van der Waals surface area (Å²) in [5, 5.41) is 43.9. The molecule has 2 aromatic carbocycles. The number of pyridine rings is 1. The minimum Gasteiger partial charge on any atom is -0.507 e. The van der Waals surface area contributed by atoms with Gasteiger partial charge in [0.1, 0.15) is 31.0 Å². The fraction of sp³-hybridized carbons (Fsp3) is 0.463. The number of phenolic OH excluding ortho intramolecular Hbond substituents is 1. The number of piperazine rings is 2. The number of hydrogen-bond acceptors (Lipinski definition) is 18. The molecule has 4 aliphatic heterocycles. The van der Waals surface area contributed by atoms with Gasteiger partial charge in [0.25, 0.3) is 0 Å². The first-order valence-electron chi connectivity index (χ1n) is 25.7. The first-order chi connectivity index (χ1) is 35.8. The molecule has 4 saturated heterocycles. The number of aliphatic hydroxyl groups is 1. The number of ether oxygens (including phenoxy) is 2. The lowest BCUT2D eigenvalue weighted by Gasteiger charge is -2.43. The summed E-state index contributed by atoms with van der Waals surface area (Å²) < 4.78 is 12.2. The number of nitrogens with zero attached hydrogens (tertiary/aromatic N) is 9. The number of para-hydroxylation sites is 1. The van der Waals surface area contributed by atoms with Gasteiger partial charge in [0, 0.05) is 107 Å². The molecule has 4 aliphatic rings. The number of thiazole rings is 1. The maximum atomic E-state index is 14.1. The molecule has 0 spiro atoms. The smallest absolute Gasteiger partial charge is 0.246 e. The number of nitrogens with one attached hydrogen (secondary N) is 3. The number of carbonyl (C=O) groups is 2. The van der Waals surface area contributed by atoms with Crippen molar-refractivity contribution in [2.75, 3.05) is 87.7 Å². The number of likely N-dealkylation sites (tertiary alicyclic amines) is 1. The summed E-state index contributed by atoms with van der Waals surface area (Å²) in [7, 11) is 0. The first kappa shape index (κ1) is 52.0. The van der Waals surface area contributed by atoms with Gasteiger partial charge in [-0.05, 0) is 68.0 Å². The zero-order valence-electron chi connectivity index (χ0n) is 42.6. The van der Waals surface area contributed by atoms with E-state index >= 15 is 0 Å². The van der Waals surface area contributed by atoms with E-state index in [0.29, 0.717) is 48.5 Å². The second kappa shape index (κ2) is 23.6. The molecular weight excluding hydrogens is 959 g/mol. The van der Waals surface area contributed by atoms with Crippen LogP contribution in [-0.2, 0) is 14.3 Å². The number of aromatic hydroxyl groups is 1. The molecular formula is C54H69N13O6S. The van der Waals surface area contributed by atoms with Gasteiger partial charge < -0.3 is 56.2 Å². The fourth-order valence-electron chi connectivity index (χ4n) is 10.7. The molecule has 5 aromatic rings. The third-order valence-corrected chi connectivity index (χ3v) is 15.7. The SMILES string of the molecule is Cc1ncsc1-c1ccc([C@H](C)NC(=O)[C@@H]2C[C@@H](O)CN2C(=O)[C@@H](N/C=C(\C=N)OCCN2CCN(CCOc3cc(N4C5CCC4CN(c4cc(-c6ccccc6O)nnc4N)C5)ccn3)CC2)C(C)C)cc1. The third kappa shape index (κ3) is 12.0. The number of hydrogen-bond donors (Lipinski definition) is 6. The van der Waals surface area contributed by atoms with Gasteiger partial charge in [-0.15, -0.1) is 21.5 Å². The number of nitrogen functional groups attached to an aromatic ring is 1. The summed E-state index contributed by atoms with van der Waals surface area (Å²) in [5.41, 5.74) is 14.3. The van der Waals surface area contributed by atoms with Gasteiger partial charge in [-0.2, -0.15) is 0 Å². The van der Waals surface area contributed by atoms with E-state index in [1.807, 2.05) is 81.9 Å². The van der Waals surface area contributed by atoms with Crippen LogP contribution in [0.4, 0.5) is 17.2 Å². The number of fused-ring (bicyclic) bond motifs is 2. The number of aliphatic hydroxyl groups excluding tert-OH is 1. The Morgan fingerprint density at radius 2 is 1.65 bits per heavy atom. The highest BCUT2D eigenvalue weighted by Gasteiger charge is 2.43. The largest absolute Gasteiger partial charge is 0.507 e. The molecule has 6 atom stereocenters. The predicted octanol–water partition coefficient (Wildman–Crippen LogP) is 5.07. The number of β-amino-alcohol motifs (C(OH)–C–C–N with tert-alkyl or cyclic N) is 1. The second-order valence-corrected chi connectivity index (χ2v) is 20.9. The van der Waals surface area contributed by atoms with Crippen molar-refractivity contribution in [3.63, 3.8) is 0 Å². The highest BCUT2D eigenvalue weighted by atomic mass is 32.1. The summed E-state index contributed by atoms with van der Waals surface area (Å²) in [6.07, 6.45) is 5.94. The van der Waals surface area contributed by atoms with Crippen LogP contribution in [0.3, 0.4) is 0 Å². The van der Waals surface area contributed by atoms with E-state index in [1.54, 1.807) is 29.7 Å². The first-order valence-corrected chi connectivity index (χ1v) is 26.6. The number of aromatic nitrogens is 4. The highest BCUT2D eigenvalue weighted by molar-refractivity contribution is 7.13. The number of carbonyl (C=O) groups excluding carboxylic acids is 2. The van der Waals surface area contributed by atoms with Crippen molar-refractivity contribution in [2.45, 2.75) is 83.3 Å². The Hall–Kier alpha value is -6.87. The van der Waals surface area contributed by atoms with Crippen LogP contribution < -0.4 is 30.9 Å². The average Bonchev–Trinajstić information content (AvgIpc) is 4.10. The monoisotopic (exact) mass is 1030 g/mol. The summed E-state index contributed by atoms with van der Waals surface area (Å²) in [4.78, 5) is 48.8. The van der Waals surface area contributed by atoms with Crippen molar-refractivity contribution in [3.8, 4) is 33.3 Å². The van der Waals surface area contributed by atoms with Crippen molar-refractivity contribution in [3.05, 3.63) is 102 Å². The van der Waals surface area contributed by atoms with Crippen LogP contribution in [0.2, 0.25) is 0 Å². The molecule has 19 nitrogen and oxygen atoms in total. The highest BCUT2D eigenvalue weighted by Crippen LogP contribution is 2.40. The topological polar surface area (TPSA) is 235 Å². The Balaban J connectivity index is 0.696. The van der Waals surface area contributed by atoms with Crippen molar-refractivity contribution in [1.29, 1.82) is 5.41 Å². The molecule has 9 rings (SSSR count). The van der Waals surface area contributed by atoms with Crippen LogP contribution in [0.15, 0.2) is 90.4 Å². The summed E-state index contributed by atoms with van der Waals surface area (Å²) in [6.45, 7) is 15.2. The number of phenols is 1. The van der Waals surface area contributed by atoms with E-state index in [0.717, 1.165) is 97.9 Å². The molecule has 0 aliphatic carbocycles.